The van der Waals surface area contributed by atoms with E-state index in [1.165, 1.54) is 4.88 Å². The molecule has 4 rings (SSSR count). The molecule has 1 saturated heterocycles. The number of nitrogens with one attached hydrogen (secondary N) is 1. The average molecular weight is 444 g/mol. The number of morpholine rings is 1. The van der Waals surface area contributed by atoms with Crippen LogP contribution >= 0.6 is 22.7 Å². The van der Waals surface area contributed by atoms with Gasteiger partial charge in [-0.1, -0.05) is 6.07 Å². The van der Waals surface area contributed by atoms with Gasteiger partial charge in [0.15, 0.2) is 0 Å². The summed E-state index contributed by atoms with van der Waals surface area (Å²) >= 11 is 3.28. The maximum absolute atomic E-state index is 12.6. The van der Waals surface area contributed by atoms with Gasteiger partial charge in [-0.15, -0.1) is 22.7 Å². The summed E-state index contributed by atoms with van der Waals surface area (Å²) in [5.74, 6) is 0.812. The van der Waals surface area contributed by atoms with E-state index in [4.69, 9.17) is 9.47 Å². The number of thiophene rings is 1. The molecule has 1 fully saturated rings. The van der Waals surface area contributed by atoms with E-state index >= 15 is 0 Å². The van der Waals surface area contributed by atoms with Gasteiger partial charge in [0.05, 0.1) is 38.5 Å². The second-order valence-electron chi connectivity index (χ2n) is 7.03. The number of carbonyl (C=O) groups is 1. The summed E-state index contributed by atoms with van der Waals surface area (Å²) in [6.45, 7) is 3.84. The Morgan fingerprint density at radius 1 is 1.23 bits per heavy atom. The summed E-state index contributed by atoms with van der Waals surface area (Å²) in [7, 11) is 1.65. The fourth-order valence-electron chi connectivity index (χ4n) is 3.47. The molecule has 0 radical (unpaired) electrons. The first kappa shape index (κ1) is 21.0. The molecule has 1 aromatic carbocycles. The molecule has 2 aromatic heterocycles. The zero-order valence-electron chi connectivity index (χ0n) is 16.9. The van der Waals surface area contributed by atoms with Crippen LogP contribution in [0.4, 0.5) is 0 Å². The molecule has 158 valence electrons. The van der Waals surface area contributed by atoms with Crippen molar-refractivity contribution in [3.8, 4) is 16.3 Å². The number of aromatic nitrogens is 1. The molecule has 1 atom stereocenters. The van der Waals surface area contributed by atoms with Crippen LogP contribution in [0.2, 0.25) is 0 Å². The molecule has 1 aliphatic heterocycles. The van der Waals surface area contributed by atoms with E-state index in [0.29, 0.717) is 6.54 Å². The monoisotopic (exact) mass is 443 g/mol. The lowest BCUT2D eigenvalue weighted by molar-refractivity contribution is -0.120. The molecule has 0 spiro atoms. The Balaban J connectivity index is 1.35. The predicted octanol–water partition coefficient (Wildman–Crippen LogP) is 3.61. The fourth-order valence-corrected chi connectivity index (χ4v) is 5.16. The molecule has 0 bridgehead atoms. The number of benzene rings is 1. The average Bonchev–Trinajstić information content (AvgIpc) is 3.47. The summed E-state index contributed by atoms with van der Waals surface area (Å²) in [5, 5.41) is 8.06. The highest BCUT2D eigenvalue weighted by atomic mass is 32.1. The van der Waals surface area contributed by atoms with Crippen LogP contribution in [0.25, 0.3) is 10.6 Å². The second kappa shape index (κ2) is 10.2. The number of ether oxygens (including phenoxy) is 2. The van der Waals surface area contributed by atoms with Crippen LogP contribution < -0.4 is 10.1 Å². The van der Waals surface area contributed by atoms with Crippen molar-refractivity contribution in [1.29, 1.82) is 0 Å². The minimum absolute atomic E-state index is 0.00334. The molecule has 30 heavy (non-hydrogen) atoms. The molecule has 8 heteroatoms. The first-order valence-corrected chi connectivity index (χ1v) is 11.7. The largest absolute Gasteiger partial charge is 0.497 e. The Morgan fingerprint density at radius 3 is 2.73 bits per heavy atom. The molecule has 3 aromatic rings. The molecule has 0 unspecified atom stereocenters. The van der Waals surface area contributed by atoms with Gasteiger partial charge in [0.1, 0.15) is 10.8 Å². The van der Waals surface area contributed by atoms with Gasteiger partial charge in [-0.25, -0.2) is 4.98 Å². The molecule has 1 amide bonds. The summed E-state index contributed by atoms with van der Waals surface area (Å²) in [4.78, 5) is 20.9. The normalized spacial score (nSPS) is 15.6. The van der Waals surface area contributed by atoms with Gasteiger partial charge >= 0.3 is 0 Å². The molecule has 3 heterocycles. The van der Waals surface area contributed by atoms with Crippen molar-refractivity contribution in [3.63, 3.8) is 0 Å². The summed E-state index contributed by atoms with van der Waals surface area (Å²) in [6.07, 6.45) is 0.285. The third-order valence-electron chi connectivity index (χ3n) is 5.08. The Morgan fingerprint density at radius 2 is 2.03 bits per heavy atom. The van der Waals surface area contributed by atoms with Crippen molar-refractivity contribution in [2.75, 3.05) is 40.0 Å². The van der Waals surface area contributed by atoms with E-state index in [-0.39, 0.29) is 18.4 Å². The van der Waals surface area contributed by atoms with Gasteiger partial charge in [0.2, 0.25) is 5.91 Å². The third kappa shape index (κ3) is 5.26. The standard InChI is InChI=1S/C22H25N3O3S2/c1-27-18-6-4-16(5-7-18)22-24-17(15-30-22)13-21(26)23-14-19(20-3-2-12-29-20)25-8-10-28-11-9-25/h2-7,12,15,19H,8-11,13-14H2,1H3,(H,23,26)/t19-/m1/s1. The van der Waals surface area contributed by atoms with Crippen molar-refractivity contribution in [1.82, 2.24) is 15.2 Å². The fraction of sp³-hybridized carbons (Fsp3) is 0.364. The molecule has 6 nitrogen and oxygen atoms in total. The van der Waals surface area contributed by atoms with Crippen molar-refractivity contribution in [2.24, 2.45) is 0 Å². The number of rotatable bonds is 8. The number of nitrogens with zero attached hydrogens (tertiary/aromatic N) is 2. The second-order valence-corrected chi connectivity index (χ2v) is 8.87. The maximum Gasteiger partial charge on any atom is 0.226 e. The zero-order valence-corrected chi connectivity index (χ0v) is 18.5. The van der Waals surface area contributed by atoms with Gasteiger partial charge < -0.3 is 14.8 Å². The lowest BCUT2D eigenvalue weighted by atomic mass is 10.2. The first-order valence-electron chi connectivity index (χ1n) is 9.93. The quantitative estimate of drug-likeness (QED) is 0.576. The highest BCUT2D eigenvalue weighted by Crippen LogP contribution is 2.27. The highest BCUT2D eigenvalue weighted by molar-refractivity contribution is 7.13. The number of amides is 1. The van der Waals surface area contributed by atoms with Gasteiger partial charge in [-0.3, -0.25) is 9.69 Å². The number of hydrogen-bond donors (Lipinski definition) is 1. The van der Waals surface area contributed by atoms with Crippen LogP contribution in [-0.2, 0) is 16.0 Å². The van der Waals surface area contributed by atoms with Gasteiger partial charge in [0.25, 0.3) is 0 Å². The van der Waals surface area contributed by atoms with Crippen LogP contribution in [-0.4, -0.2) is 55.7 Å². The Bertz CT molecular complexity index is 935. The lowest BCUT2D eigenvalue weighted by Crippen LogP contribution is -2.43. The molecule has 1 aliphatic rings. The predicted molar refractivity (Wildman–Crippen MR) is 120 cm³/mol. The molecule has 1 N–H and O–H groups in total. The van der Waals surface area contributed by atoms with Crippen LogP contribution in [0, 0.1) is 0 Å². The van der Waals surface area contributed by atoms with Gasteiger partial charge in [-0.05, 0) is 35.7 Å². The van der Waals surface area contributed by atoms with Crippen LogP contribution in [0.1, 0.15) is 16.6 Å². The van der Waals surface area contributed by atoms with Gasteiger partial charge in [0, 0.05) is 35.5 Å². The van der Waals surface area contributed by atoms with Crippen molar-refractivity contribution in [3.05, 3.63) is 57.7 Å². The highest BCUT2D eigenvalue weighted by Gasteiger charge is 2.24. The lowest BCUT2D eigenvalue weighted by Gasteiger charge is -2.34. The first-order chi connectivity index (χ1) is 14.7. The summed E-state index contributed by atoms with van der Waals surface area (Å²) in [5.41, 5.74) is 1.82. The molecular formula is C22H25N3O3S2. The van der Waals surface area contributed by atoms with Crippen molar-refractivity contribution >= 4 is 28.6 Å². The number of carbonyl (C=O) groups excluding carboxylic acids is 1. The number of hydrogen-bond acceptors (Lipinski definition) is 7. The Kier molecular flexibility index (Phi) is 7.11. The van der Waals surface area contributed by atoms with E-state index in [1.54, 1.807) is 29.8 Å². The minimum atomic E-state index is -0.00334. The van der Waals surface area contributed by atoms with E-state index < -0.39 is 0 Å². The van der Waals surface area contributed by atoms with Crippen LogP contribution in [0.15, 0.2) is 47.2 Å². The Labute approximate surface area is 184 Å². The zero-order chi connectivity index (χ0) is 20.8. The molecule has 0 saturated carbocycles. The minimum Gasteiger partial charge on any atom is -0.497 e. The van der Waals surface area contributed by atoms with Crippen molar-refractivity contribution < 1.29 is 14.3 Å². The van der Waals surface area contributed by atoms with E-state index in [0.717, 1.165) is 48.3 Å². The summed E-state index contributed by atoms with van der Waals surface area (Å²) in [6, 6.07) is 12.2. The smallest absolute Gasteiger partial charge is 0.226 e. The number of methoxy groups -OCH3 is 1. The topological polar surface area (TPSA) is 63.7 Å². The third-order valence-corrected chi connectivity index (χ3v) is 6.99. The molecular weight excluding hydrogens is 418 g/mol. The summed E-state index contributed by atoms with van der Waals surface area (Å²) < 4.78 is 10.7. The van der Waals surface area contributed by atoms with Crippen LogP contribution in [0.3, 0.4) is 0 Å². The van der Waals surface area contributed by atoms with Crippen molar-refractivity contribution in [2.45, 2.75) is 12.5 Å². The van der Waals surface area contributed by atoms with E-state index in [9.17, 15) is 4.79 Å². The SMILES string of the molecule is COc1ccc(-c2nc(CC(=O)NC[C@H](c3cccs3)N3CCOCC3)cs2)cc1. The van der Waals surface area contributed by atoms with E-state index in [1.807, 2.05) is 29.6 Å². The van der Waals surface area contributed by atoms with E-state index in [2.05, 4.69) is 32.7 Å². The Hall–Kier alpha value is -2.26. The number of thiazole rings is 1. The maximum atomic E-state index is 12.6. The molecule has 0 aliphatic carbocycles. The van der Waals surface area contributed by atoms with Gasteiger partial charge in [-0.2, -0.15) is 0 Å². The van der Waals surface area contributed by atoms with Crippen LogP contribution in [0.5, 0.6) is 5.75 Å².